The van der Waals surface area contributed by atoms with Gasteiger partial charge in [0.1, 0.15) is 0 Å². The Hall–Kier alpha value is -2.02. The minimum absolute atomic E-state index is 0.118. The summed E-state index contributed by atoms with van der Waals surface area (Å²) in [4.78, 5) is 16.8. The van der Waals surface area contributed by atoms with Gasteiger partial charge in [0.2, 0.25) is 11.9 Å². The molecule has 0 bridgehead atoms. The molecule has 2 fully saturated rings. The zero-order valence-corrected chi connectivity index (χ0v) is 17.6. The van der Waals surface area contributed by atoms with Gasteiger partial charge in [0.25, 0.3) is 0 Å². The third-order valence-electron chi connectivity index (χ3n) is 5.64. The number of aromatic nitrogens is 3. The first kappa shape index (κ1) is 19.3. The lowest BCUT2D eigenvalue weighted by atomic mass is 10.00. The molecule has 2 aromatic rings. The van der Waals surface area contributed by atoms with Crippen LogP contribution in [0.15, 0.2) is 35.5 Å². The predicted octanol–water partition coefficient (Wildman–Crippen LogP) is 3.60. The lowest BCUT2D eigenvalue weighted by molar-refractivity contribution is -0.127. The van der Waals surface area contributed by atoms with Crippen LogP contribution in [-0.2, 0) is 11.3 Å². The van der Waals surface area contributed by atoms with Gasteiger partial charge in [-0.05, 0) is 37.2 Å². The predicted molar refractivity (Wildman–Crippen MR) is 113 cm³/mol. The van der Waals surface area contributed by atoms with Crippen LogP contribution < -0.4 is 4.90 Å². The van der Waals surface area contributed by atoms with Gasteiger partial charge in [-0.15, -0.1) is 10.2 Å². The number of hydrogen-bond acceptors (Lipinski definition) is 5. The highest BCUT2D eigenvalue weighted by Crippen LogP contribution is 2.41. The summed E-state index contributed by atoms with van der Waals surface area (Å²) < 4.78 is 2.28. The van der Waals surface area contributed by atoms with Gasteiger partial charge in [-0.1, -0.05) is 49.0 Å². The van der Waals surface area contributed by atoms with Crippen molar-refractivity contribution in [1.82, 2.24) is 19.7 Å². The summed E-state index contributed by atoms with van der Waals surface area (Å²) in [5, 5.41) is 9.85. The summed E-state index contributed by atoms with van der Waals surface area (Å²) >= 11 is 1.52. The topological polar surface area (TPSA) is 54.3 Å². The van der Waals surface area contributed by atoms with Crippen LogP contribution in [-0.4, -0.2) is 51.5 Å². The number of carbonyl (C=O) groups is 1. The van der Waals surface area contributed by atoms with E-state index < -0.39 is 0 Å². The van der Waals surface area contributed by atoms with Crippen LogP contribution in [0.5, 0.6) is 0 Å². The van der Waals surface area contributed by atoms with Crippen LogP contribution in [0.3, 0.4) is 0 Å². The third kappa shape index (κ3) is 4.51. The number of piperidine rings is 1. The molecule has 6 nitrogen and oxygen atoms in total. The van der Waals surface area contributed by atoms with Gasteiger partial charge in [0, 0.05) is 32.7 Å². The molecule has 0 atom stereocenters. The Labute approximate surface area is 171 Å². The van der Waals surface area contributed by atoms with E-state index in [4.69, 9.17) is 0 Å². The smallest absolute Gasteiger partial charge is 0.233 e. The van der Waals surface area contributed by atoms with E-state index in [2.05, 4.69) is 26.6 Å². The summed E-state index contributed by atoms with van der Waals surface area (Å²) in [5.41, 5.74) is 1.14. The first-order chi connectivity index (χ1) is 13.6. The minimum Gasteiger partial charge on any atom is -0.341 e. The number of anilines is 1. The first-order valence-corrected chi connectivity index (χ1v) is 11.2. The molecule has 1 aliphatic carbocycles. The number of hydrogen-bond donors (Lipinski definition) is 0. The number of thioether (sulfide) groups is 1. The van der Waals surface area contributed by atoms with Gasteiger partial charge in [-0.25, -0.2) is 0 Å². The summed E-state index contributed by atoms with van der Waals surface area (Å²) in [6.07, 6.45) is 4.79. The van der Waals surface area contributed by atoms with Gasteiger partial charge in [0.05, 0.1) is 5.75 Å². The molecule has 2 heterocycles. The summed E-state index contributed by atoms with van der Waals surface area (Å²) in [6.45, 7) is 5.05. The molecule has 7 heteroatoms. The van der Waals surface area contributed by atoms with Crippen LogP contribution in [0, 0.1) is 5.92 Å². The molecule has 1 aromatic carbocycles. The lowest BCUT2D eigenvalue weighted by Crippen LogP contribution is -2.34. The fourth-order valence-electron chi connectivity index (χ4n) is 3.63. The van der Waals surface area contributed by atoms with Crippen molar-refractivity contribution in [3.8, 4) is 0 Å². The molecule has 1 amide bonds. The van der Waals surface area contributed by atoms with E-state index >= 15 is 0 Å². The summed E-state index contributed by atoms with van der Waals surface area (Å²) in [7, 11) is 1.86. The Bertz CT molecular complexity index is 796. The van der Waals surface area contributed by atoms with Crippen LogP contribution in [0.4, 0.5) is 5.95 Å². The highest BCUT2D eigenvalue weighted by molar-refractivity contribution is 7.99. The average molecular weight is 400 g/mol. The highest BCUT2D eigenvalue weighted by atomic mass is 32.2. The van der Waals surface area contributed by atoms with Gasteiger partial charge < -0.3 is 9.80 Å². The lowest BCUT2D eigenvalue weighted by Gasteiger charge is -2.31. The third-order valence-corrected chi connectivity index (χ3v) is 6.57. The van der Waals surface area contributed by atoms with Crippen LogP contribution >= 0.6 is 11.8 Å². The number of benzene rings is 1. The second kappa shape index (κ2) is 8.55. The van der Waals surface area contributed by atoms with E-state index in [0.717, 1.165) is 35.7 Å². The van der Waals surface area contributed by atoms with Crippen LogP contribution in [0.25, 0.3) is 0 Å². The standard InChI is InChI=1S/C21H29N5OS/c1-16-10-12-25(13-11-16)20-22-23-21(26(20)18-8-9-18)28-15-19(27)24(2)14-17-6-4-3-5-7-17/h3-7,16,18H,8-15H2,1-2H3. The van der Waals surface area contributed by atoms with E-state index in [1.807, 2.05) is 37.4 Å². The molecule has 2 aliphatic rings. The number of amides is 1. The molecule has 1 saturated heterocycles. The van der Waals surface area contributed by atoms with Crippen molar-refractivity contribution < 1.29 is 4.79 Å². The number of rotatable bonds is 7. The maximum Gasteiger partial charge on any atom is 0.233 e. The van der Waals surface area contributed by atoms with Crippen molar-refractivity contribution in [2.75, 3.05) is 30.8 Å². The molecule has 1 saturated carbocycles. The van der Waals surface area contributed by atoms with Crippen molar-refractivity contribution in [2.24, 2.45) is 5.92 Å². The number of nitrogens with zero attached hydrogens (tertiary/aromatic N) is 5. The van der Waals surface area contributed by atoms with Gasteiger partial charge >= 0.3 is 0 Å². The Kier molecular flexibility index (Phi) is 5.90. The first-order valence-electron chi connectivity index (χ1n) is 10.2. The largest absolute Gasteiger partial charge is 0.341 e. The van der Waals surface area contributed by atoms with Crippen molar-refractivity contribution in [2.45, 2.75) is 50.4 Å². The Morgan fingerprint density at radius 2 is 1.86 bits per heavy atom. The zero-order valence-electron chi connectivity index (χ0n) is 16.8. The zero-order chi connectivity index (χ0) is 19.5. The Balaban J connectivity index is 1.38. The molecule has 150 valence electrons. The molecule has 1 aromatic heterocycles. The van der Waals surface area contributed by atoms with E-state index in [1.165, 1.54) is 37.4 Å². The van der Waals surface area contributed by atoms with Crippen molar-refractivity contribution >= 4 is 23.6 Å². The molecule has 4 rings (SSSR count). The summed E-state index contributed by atoms with van der Waals surface area (Å²) in [5.74, 6) is 2.31. The monoisotopic (exact) mass is 399 g/mol. The molecule has 1 aliphatic heterocycles. The van der Waals surface area contributed by atoms with E-state index in [1.54, 1.807) is 4.90 Å². The molecular weight excluding hydrogens is 370 g/mol. The van der Waals surface area contributed by atoms with Gasteiger partial charge in [-0.2, -0.15) is 0 Å². The normalized spacial score (nSPS) is 17.7. The van der Waals surface area contributed by atoms with Crippen molar-refractivity contribution in [3.05, 3.63) is 35.9 Å². The molecule has 0 unspecified atom stereocenters. The van der Waals surface area contributed by atoms with Gasteiger partial charge in [-0.3, -0.25) is 9.36 Å². The van der Waals surface area contributed by atoms with E-state index in [9.17, 15) is 4.79 Å². The minimum atomic E-state index is 0.118. The fraction of sp³-hybridized carbons (Fsp3) is 0.571. The van der Waals surface area contributed by atoms with E-state index in [0.29, 0.717) is 18.3 Å². The molecular formula is C21H29N5OS. The highest BCUT2D eigenvalue weighted by Gasteiger charge is 2.32. The second-order valence-electron chi connectivity index (χ2n) is 8.08. The van der Waals surface area contributed by atoms with Crippen molar-refractivity contribution in [3.63, 3.8) is 0 Å². The fourth-order valence-corrected chi connectivity index (χ4v) is 4.57. The Morgan fingerprint density at radius 1 is 1.14 bits per heavy atom. The Morgan fingerprint density at radius 3 is 2.54 bits per heavy atom. The maximum atomic E-state index is 12.6. The van der Waals surface area contributed by atoms with E-state index in [-0.39, 0.29) is 5.91 Å². The SMILES string of the molecule is CC1CCN(c2nnc(SCC(=O)N(C)Cc3ccccc3)n2C2CC2)CC1. The van der Waals surface area contributed by atoms with Crippen LogP contribution in [0.1, 0.15) is 44.2 Å². The quantitative estimate of drug-likeness (QED) is 0.666. The van der Waals surface area contributed by atoms with Gasteiger partial charge in [0.15, 0.2) is 5.16 Å². The molecule has 28 heavy (non-hydrogen) atoms. The number of carbonyl (C=O) groups excluding carboxylic acids is 1. The molecule has 0 radical (unpaired) electrons. The second-order valence-corrected chi connectivity index (χ2v) is 9.02. The summed E-state index contributed by atoms with van der Waals surface area (Å²) in [6, 6.07) is 10.6. The average Bonchev–Trinajstić information content (AvgIpc) is 3.46. The maximum absolute atomic E-state index is 12.6. The van der Waals surface area contributed by atoms with Crippen LogP contribution in [0.2, 0.25) is 0 Å². The molecule has 0 spiro atoms. The molecule has 0 N–H and O–H groups in total. The van der Waals surface area contributed by atoms with Crippen molar-refractivity contribution in [1.29, 1.82) is 0 Å².